The molecule has 0 aromatic rings. The van der Waals surface area contributed by atoms with Crippen LogP contribution in [0, 0.1) is 5.92 Å². The molecule has 1 saturated carbocycles. The van der Waals surface area contributed by atoms with E-state index in [2.05, 4.69) is 12.2 Å². The summed E-state index contributed by atoms with van der Waals surface area (Å²) in [7, 11) is 0. The summed E-state index contributed by atoms with van der Waals surface area (Å²) in [6.07, 6.45) is 4.51. The molecule has 19 heavy (non-hydrogen) atoms. The second kappa shape index (κ2) is 8.12. The van der Waals surface area contributed by atoms with Crippen molar-refractivity contribution in [2.45, 2.75) is 56.7 Å². The Labute approximate surface area is 120 Å². The fourth-order valence-electron chi connectivity index (χ4n) is 3.05. The first-order chi connectivity index (χ1) is 9.06. The van der Waals surface area contributed by atoms with E-state index in [4.69, 9.17) is 5.11 Å². The number of carbonyl (C=O) groups is 1. The highest BCUT2D eigenvalue weighted by molar-refractivity contribution is 7.99. The lowest BCUT2D eigenvalue weighted by molar-refractivity contribution is -0.146. The maximum atomic E-state index is 11.6. The molecule has 0 saturated heterocycles. The normalized spacial score (nSPS) is 28.5. The van der Waals surface area contributed by atoms with Crippen LogP contribution in [0.5, 0.6) is 0 Å². The van der Waals surface area contributed by atoms with Gasteiger partial charge >= 0.3 is 5.97 Å². The SMILES string of the molecule is CCNC1(C(=O)O)CCCC1CCSC(C)CCO. The molecule has 1 rings (SSSR count). The van der Waals surface area contributed by atoms with Crippen LogP contribution < -0.4 is 5.32 Å². The van der Waals surface area contributed by atoms with Gasteiger partial charge in [-0.05, 0) is 43.9 Å². The van der Waals surface area contributed by atoms with Crippen LogP contribution in [0.4, 0.5) is 0 Å². The third kappa shape index (κ3) is 4.36. The third-order valence-corrected chi connectivity index (χ3v) is 5.37. The highest BCUT2D eigenvalue weighted by Crippen LogP contribution is 2.39. The van der Waals surface area contributed by atoms with Crippen molar-refractivity contribution in [3.8, 4) is 0 Å². The van der Waals surface area contributed by atoms with Gasteiger partial charge < -0.3 is 15.5 Å². The molecule has 0 aromatic carbocycles. The molecule has 5 heteroatoms. The molecule has 0 radical (unpaired) electrons. The first-order valence-electron chi connectivity index (χ1n) is 7.27. The average molecular weight is 289 g/mol. The van der Waals surface area contributed by atoms with Gasteiger partial charge in [-0.25, -0.2) is 0 Å². The number of nitrogens with one attached hydrogen (secondary N) is 1. The van der Waals surface area contributed by atoms with Crippen molar-refractivity contribution in [3.05, 3.63) is 0 Å². The monoisotopic (exact) mass is 289 g/mol. The maximum Gasteiger partial charge on any atom is 0.324 e. The summed E-state index contributed by atoms with van der Waals surface area (Å²) in [5.74, 6) is 0.524. The number of carboxylic acid groups (broad SMARTS) is 1. The van der Waals surface area contributed by atoms with Gasteiger partial charge in [-0.1, -0.05) is 20.3 Å². The number of thioether (sulfide) groups is 1. The molecule has 0 spiro atoms. The molecule has 3 N–H and O–H groups in total. The average Bonchev–Trinajstić information content (AvgIpc) is 2.74. The fraction of sp³-hybridized carbons (Fsp3) is 0.929. The predicted molar refractivity (Wildman–Crippen MR) is 79.6 cm³/mol. The lowest BCUT2D eigenvalue weighted by Gasteiger charge is -2.32. The number of rotatable bonds is 9. The van der Waals surface area contributed by atoms with Gasteiger partial charge in [0.25, 0.3) is 0 Å². The Kier molecular flexibility index (Phi) is 7.18. The summed E-state index contributed by atoms with van der Waals surface area (Å²) in [5, 5.41) is 22.1. The largest absolute Gasteiger partial charge is 0.480 e. The molecule has 4 nitrogen and oxygen atoms in total. The molecule has 1 aliphatic rings. The number of aliphatic carboxylic acids is 1. The summed E-state index contributed by atoms with van der Waals surface area (Å²) in [6, 6.07) is 0. The summed E-state index contributed by atoms with van der Waals surface area (Å²) < 4.78 is 0. The van der Waals surface area contributed by atoms with Crippen molar-refractivity contribution in [2.24, 2.45) is 5.92 Å². The minimum absolute atomic E-state index is 0.230. The van der Waals surface area contributed by atoms with E-state index in [1.165, 1.54) is 0 Å². The van der Waals surface area contributed by atoms with Crippen molar-refractivity contribution in [1.82, 2.24) is 5.32 Å². The van der Waals surface area contributed by atoms with E-state index in [-0.39, 0.29) is 12.5 Å². The predicted octanol–water partition coefficient (Wildman–Crippen LogP) is 2.11. The Balaban J connectivity index is 2.48. The highest BCUT2D eigenvalue weighted by Gasteiger charge is 2.48. The first kappa shape index (κ1) is 16.8. The molecule has 0 aromatic heterocycles. The molecule has 0 amide bonds. The van der Waals surface area contributed by atoms with Crippen LogP contribution in [0.3, 0.4) is 0 Å². The molecule has 0 aliphatic heterocycles. The number of likely N-dealkylation sites (N-methyl/N-ethyl adjacent to an activating group) is 1. The van der Waals surface area contributed by atoms with Crippen LogP contribution in [-0.2, 0) is 4.79 Å². The van der Waals surface area contributed by atoms with Crippen LogP contribution in [0.1, 0.15) is 46.0 Å². The van der Waals surface area contributed by atoms with E-state index in [0.717, 1.165) is 37.9 Å². The third-order valence-electron chi connectivity index (χ3n) is 4.10. The van der Waals surface area contributed by atoms with Crippen molar-refractivity contribution in [3.63, 3.8) is 0 Å². The van der Waals surface area contributed by atoms with Crippen LogP contribution in [0.2, 0.25) is 0 Å². The molecule has 0 heterocycles. The molecule has 1 fully saturated rings. The topological polar surface area (TPSA) is 69.6 Å². The molecule has 0 bridgehead atoms. The van der Waals surface area contributed by atoms with Gasteiger partial charge in [-0.15, -0.1) is 0 Å². The summed E-state index contributed by atoms with van der Waals surface area (Å²) in [5.41, 5.74) is -0.699. The summed E-state index contributed by atoms with van der Waals surface area (Å²) in [6.45, 7) is 5.02. The van der Waals surface area contributed by atoms with Crippen LogP contribution in [-0.4, -0.2) is 45.9 Å². The van der Waals surface area contributed by atoms with E-state index in [0.29, 0.717) is 11.8 Å². The summed E-state index contributed by atoms with van der Waals surface area (Å²) >= 11 is 1.84. The molecule has 112 valence electrons. The van der Waals surface area contributed by atoms with E-state index in [1.807, 2.05) is 18.7 Å². The van der Waals surface area contributed by atoms with Gasteiger partial charge in [0.1, 0.15) is 5.54 Å². The minimum Gasteiger partial charge on any atom is -0.480 e. The quantitative estimate of drug-likeness (QED) is 0.606. The number of hydrogen-bond acceptors (Lipinski definition) is 4. The van der Waals surface area contributed by atoms with Gasteiger partial charge in [0, 0.05) is 11.9 Å². The van der Waals surface area contributed by atoms with Gasteiger partial charge in [0.15, 0.2) is 0 Å². The van der Waals surface area contributed by atoms with Crippen LogP contribution in [0.25, 0.3) is 0 Å². The lowest BCUT2D eigenvalue weighted by atomic mass is 9.85. The van der Waals surface area contributed by atoms with Gasteiger partial charge in [-0.2, -0.15) is 11.8 Å². The van der Waals surface area contributed by atoms with Crippen LogP contribution in [0.15, 0.2) is 0 Å². The zero-order valence-electron chi connectivity index (χ0n) is 12.0. The van der Waals surface area contributed by atoms with Gasteiger partial charge in [0.05, 0.1) is 0 Å². The molecular weight excluding hydrogens is 262 g/mol. The van der Waals surface area contributed by atoms with E-state index in [1.54, 1.807) is 0 Å². The van der Waals surface area contributed by atoms with Gasteiger partial charge in [-0.3, -0.25) is 4.79 Å². The van der Waals surface area contributed by atoms with E-state index in [9.17, 15) is 9.90 Å². The Morgan fingerprint density at radius 3 is 2.89 bits per heavy atom. The van der Waals surface area contributed by atoms with Crippen molar-refractivity contribution in [2.75, 3.05) is 18.9 Å². The molecule has 3 unspecified atom stereocenters. The zero-order chi connectivity index (χ0) is 14.3. The van der Waals surface area contributed by atoms with Crippen molar-refractivity contribution < 1.29 is 15.0 Å². The second-order valence-electron chi connectivity index (χ2n) is 5.38. The number of hydrogen-bond donors (Lipinski definition) is 3. The second-order valence-corrected chi connectivity index (χ2v) is 6.92. The van der Waals surface area contributed by atoms with Gasteiger partial charge in [0.2, 0.25) is 0 Å². The molecule has 1 aliphatic carbocycles. The molecular formula is C14H27NO3S. The van der Waals surface area contributed by atoms with E-state index < -0.39 is 11.5 Å². The van der Waals surface area contributed by atoms with Crippen molar-refractivity contribution in [1.29, 1.82) is 0 Å². The Morgan fingerprint density at radius 1 is 1.58 bits per heavy atom. The standard InChI is InChI=1S/C14H27NO3S/c1-3-15-14(13(17)18)8-4-5-12(14)7-10-19-11(2)6-9-16/h11-12,15-16H,3-10H2,1-2H3,(H,17,18). The number of aliphatic hydroxyl groups is 1. The molecule has 3 atom stereocenters. The number of carboxylic acids is 1. The smallest absolute Gasteiger partial charge is 0.324 e. The number of aliphatic hydroxyl groups excluding tert-OH is 1. The van der Waals surface area contributed by atoms with E-state index >= 15 is 0 Å². The first-order valence-corrected chi connectivity index (χ1v) is 8.32. The fourth-order valence-corrected chi connectivity index (χ4v) is 4.15. The lowest BCUT2D eigenvalue weighted by Crippen LogP contribution is -2.54. The maximum absolute atomic E-state index is 11.6. The zero-order valence-corrected chi connectivity index (χ0v) is 12.8. The summed E-state index contributed by atoms with van der Waals surface area (Å²) in [4.78, 5) is 11.6. The Hall–Kier alpha value is -0.260. The Morgan fingerprint density at radius 2 is 2.32 bits per heavy atom. The van der Waals surface area contributed by atoms with Crippen molar-refractivity contribution >= 4 is 17.7 Å². The Bertz CT molecular complexity index is 288. The highest BCUT2D eigenvalue weighted by atomic mass is 32.2. The van der Waals surface area contributed by atoms with Crippen LogP contribution >= 0.6 is 11.8 Å². The minimum atomic E-state index is -0.699.